The lowest BCUT2D eigenvalue weighted by Gasteiger charge is -2.38. The molecule has 20 heavy (non-hydrogen) atoms. The molecule has 2 atom stereocenters. The standard InChI is InChI=1S/C15H24N2O2S/c1-3-17(15-10-5-4-9-14(15)16)12-7-6-8-13(11-12)20(2,18)19/h4-5,9-10,12-13H,3,6-8,11,16H2,1-2H3. The van der Waals surface area contributed by atoms with Crippen molar-refractivity contribution < 1.29 is 8.42 Å². The summed E-state index contributed by atoms with van der Waals surface area (Å²) in [5, 5.41) is -0.208. The van der Waals surface area contributed by atoms with Crippen molar-refractivity contribution in [1.29, 1.82) is 0 Å². The molecule has 2 unspecified atom stereocenters. The molecule has 1 aromatic rings. The Morgan fingerprint density at radius 1 is 1.30 bits per heavy atom. The van der Waals surface area contributed by atoms with Gasteiger partial charge < -0.3 is 10.6 Å². The molecule has 0 heterocycles. The van der Waals surface area contributed by atoms with Crippen molar-refractivity contribution in [3.8, 4) is 0 Å². The molecule has 1 fully saturated rings. The summed E-state index contributed by atoms with van der Waals surface area (Å²) in [6.45, 7) is 2.94. The fourth-order valence-electron chi connectivity index (χ4n) is 3.17. The zero-order valence-corrected chi connectivity index (χ0v) is 13.1. The minimum Gasteiger partial charge on any atom is -0.397 e. The van der Waals surface area contributed by atoms with E-state index >= 15 is 0 Å². The van der Waals surface area contributed by atoms with Crippen LogP contribution < -0.4 is 10.6 Å². The Labute approximate surface area is 121 Å². The van der Waals surface area contributed by atoms with Gasteiger partial charge in [-0.1, -0.05) is 18.6 Å². The molecule has 0 saturated heterocycles. The maximum Gasteiger partial charge on any atom is 0.150 e. The van der Waals surface area contributed by atoms with Gasteiger partial charge in [0.1, 0.15) is 9.84 Å². The lowest BCUT2D eigenvalue weighted by atomic mass is 9.93. The summed E-state index contributed by atoms with van der Waals surface area (Å²) in [5.41, 5.74) is 7.85. The van der Waals surface area contributed by atoms with E-state index in [1.165, 1.54) is 6.26 Å². The van der Waals surface area contributed by atoms with Gasteiger partial charge in [0.2, 0.25) is 0 Å². The number of benzene rings is 1. The van der Waals surface area contributed by atoms with Crippen LogP contribution in [0.4, 0.5) is 11.4 Å². The van der Waals surface area contributed by atoms with Gasteiger partial charge in [-0.2, -0.15) is 0 Å². The van der Waals surface area contributed by atoms with Crippen LogP contribution in [0.2, 0.25) is 0 Å². The molecule has 5 heteroatoms. The number of para-hydroxylation sites is 2. The van der Waals surface area contributed by atoms with E-state index in [9.17, 15) is 8.42 Å². The van der Waals surface area contributed by atoms with E-state index in [1.807, 2.05) is 24.3 Å². The molecule has 0 bridgehead atoms. The van der Waals surface area contributed by atoms with E-state index < -0.39 is 9.84 Å². The van der Waals surface area contributed by atoms with Crippen LogP contribution >= 0.6 is 0 Å². The molecule has 1 saturated carbocycles. The summed E-state index contributed by atoms with van der Waals surface area (Å²) in [7, 11) is -2.95. The summed E-state index contributed by atoms with van der Waals surface area (Å²) in [5.74, 6) is 0. The van der Waals surface area contributed by atoms with E-state index in [1.54, 1.807) is 0 Å². The minimum absolute atomic E-state index is 0.208. The second kappa shape index (κ2) is 6.04. The van der Waals surface area contributed by atoms with Crippen molar-refractivity contribution >= 4 is 21.2 Å². The Balaban J connectivity index is 2.22. The largest absolute Gasteiger partial charge is 0.397 e. The summed E-state index contributed by atoms with van der Waals surface area (Å²) < 4.78 is 23.6. The summed E-state index contributed by atoms with van der Waals surface area (Å²) in [6, 6.07) is 8.08. The van der Waals surface area contributed by atoms with Gasteiger partial charge in [-0.25, -0.2) is 8.42 Å². The highest BCUT2D eigenvalue weighted by Gasteiger charge is 2.32. The summed E-state index contributed by atoms with van der Waals surface area (Å²) in [6.07, 6.45) is 4.85. The normalized spacial score (nSPS) is 23.5. The lowest BCUT2D eigenvalue weighted by Crippen LogP contribution is -2.42. The highest BCUT2D eigenvalue weighted by Crippen LogP contribution is 2.32. The molecule has 2 rings (SSSR count). The molecule has 1 aromatic carbocycles. The first-order valence-electron chi connectivity index (χ1n) is 7.23. The van der Waals surface area contributed by atoms with Gasteiger partial charge in [-0.05, 0) is 38.3 Å². The van der Waals surface area contributed by atoms with E-state index in [0.29, 0.717) is 6.42 Å². The number of rotatable bonds is 4. The molecular weight excluding hydrogens is 272 g/mol. The molecule has 0 amide bonds. The molecule has 4 nitrogen and oxygen atoms in total. The molecule has 0 spiro atoms. The fraction of sp³-hybridized carbons (Fsp3) is 0.600. The van der Waals surface area contributed by atoms with Crippen LogP contribution in [0.5, 0.6) is 0 Å². The SMILES string of the molecule is CCN(c1ccccc1N)C1CCCC(S(C)(=O)=O)C1. The summed E-state index contributed by atoms with van der Waals surface area (Å²) >= 11 is 0. The third kappa shape index (κ3) is 3.26. The van der Waals surface area contributed by atoms with Crippen LogP contribution in [0, 0.1) is 0 Å². The molecule has 0 aliphatic heterocycles. The number of sulfone groups is 1. The third-order valence-electron chi connectivity index (χ3n) is 4.23. The third-order valence-corrected chi connectivity index (χ3v) is 5.87. The van der Waals surface area contributed by atoms with Crippen LogP contribution in [0.3, 0.4) is 0 Å². The number of hydrogen-bond donors (Lipinski definition) is 1. The second-order valence-corrected chi connectivity index (χ2v) is 7.94. The predicted molar refractivity (Wildman–Crippen MR) is 84.8 cm³/mol. The van der Waals surface area contributed by atoms with Crippen molar-refractivity contribution in [2.45, 2.75) is 43.9 Å². The second-order valence-electron chi connectivity index (χ2n) is 5.62. The van der Waals surface area contributed by atoms with Crippen molar-refractivity contribution in [3.63, 3.8) is 0 Å². The van der Waals surface area contributed by atoms with Crippen LogP contribution in [-0.4, -0.2) is 32.5 Å². The van der Waals surface area contributed by atoms with Crippen molar-refractivity contribution in [2.75, 3.05) is 23.4 Å². The Morgan fingerprint density at radius 2 is 2.00 bits per heavy atom. The average molecular weight is 296 g/mol. The Kier molecular flexibility index (Phi) is 4.58. The number of nitrogens with two attached hydrogens (primary N) is 1. The van der Waals surface area contributed by atoms with Crippen molar-refractivity contribution in [2.24, 2.45) is 0 Å². The number of nitrogens with zero attached hydrogens (tertiary/aromatic N) is 1. The topological polar surface area (TPSA) is 63.4 Å². The number of nitrogen functional groups attached to an aromatic ring is 1. The van der Waals surface area contributed by atoms with Gasteiger partial charge in [-0.15, -0.1) is 0 Å². The first-order chi connectivity index (χ1) is 9.43. The Morgan fingerprint density at radius 3 is 2.60 bits per heavy atom. The molecule has 0 radical (unpaired) electrons. The molecule has 0 aromatic heterocycles. The minimum atomic E-state index is -2.95. The molecule has 1 aliphatic rings. The van der Waals surface area contributed by atoms with E-state index in [4.69, 9.17) is 5.73 Å². The van der Waals surface area contributed by atoms with Crippen molar-refractivity contribution in [1.82, 2.24) is 0 Å². The summed E-state index contributed by atoms with van der Waals surface area (Å²) in [4.78, 5) is 2.26. The van der Waals surface area contributed by atoms with Gasteiger partial charge in [0.05, 0.1) is 16.6 Å². The predicted octanol–water partition coefficient (Wildman–Crippen LogP) is 2.45. The van der Waals surface area contributed by atoms with Gasteiger partial charge >= 0.3 is 0 Å². The monoisotopic (exact) mass is 296 g/mol. The van der Waals surface area contributed by atoms with E-state index in [2.05, 4.69) is 11.8 Å². The van der Waals surface area contributed by atoms with E-state index in [0.717, 1.165) is 37.2 Å². The van der Waals surface area contributed by atoms with Crippen LogP contribution in [-0.2, 0) is 9.84 Å². The van der Waals surface area contributed by atoms with Gasteiger partial charge in [-0.3, -0.25) is 0 Å². The van der Waals surface area contributed by atoms with E-state index in [-0.39, 0.29) is 11.3 Å². The average Bonchev–Trinajstić information content (AvgIpc) is 2.41. The Bertz CT molecular complexity index is 557. The van der Waals surface area contributed by atoms with Crippen LogP contribution in [0.1, 0.15) is 32.6 Å². The smallest absolute Gasteiger partial charge is 0.150 e. The zero-order valence-electron chi connectivity index (χ0n) is 12.2. The lowest BCUT2D eigenvalue weighted by molar-refractivity contribution is 0.414. The molecular formula is C15H24N2O2S. The zero-order chi connectivity index (χ0) is 14.8. The number of anilines is 2. The van der Waals surface area contributed by atoms with Gasteiger partial charge in [0, 0.05) is 18.8 Å². The maximum atomic E-state index is 11.8. The fourth-order valence-corrected chi connectivity index (χ4v) is 4.33. The maximum absolute atomic E-state index is 11.8. The van der Waals surface area contributed by atoms with Crippen molar-refractivity contribution in [3.05, 3.63) is 24.3 Å². The molecule has 1 aliphatic carbocycles. The first-order valence-corrected chi connectivity index (χ1v) is 9.19. The first kappa shape index (κ1) is 15.2. The van der Waals surface area contributed by atoms with Crippen LogP contribution in [0.15, 0.2) is 24.3 Å². The van der Waals surface area contributed by atoms with Gasteiger partial charge in [0.15, 0.2) is 0 Å². The molecule has 2 N–H and O–H groups in total. The quantitative estimate of drug-likeness (QED) is 0.867. The highest BCUT2D eigenvalue weighted by atomic mass is 32.2. The van der Waals surface area contributed by atoms with Gasteiger partial charge in [0.25, 0.3) is 0 Å². The Hall–Kier alpha value is -1.23. The number of hydrogen-bond acceptors (Lipinski definition) is 4. The highest BCUT2D eigenvalue weighted by molar-refractivity contribution is 7.91. The molecule has 112 valence electrons. The van der Waals surface area contributed by atoms with Crippen LogP contribution in [0.25, 0.3) is 0 Å².